The van der Waals surface area contributed by atoms with Gasteiger partial charge in [0, 0.05) is 25.1 Å². The lowest BCUT2D eigenvalue weighted by Crippen LogP contribution is -2.38. The third-order valence-electron chi connectivity index (χ3n) is 6.41. The van der Waals surface area contributed by atoms with Gasteiger partial charge in [-0.1, -0.05) is 43.7 Å². The first-order valence-electron chi connectivity index (χ1n) is 11.3. The molecule has 0 spiro atoms. The van der Waals surface area contributed by atoms with Crippen molar-refractivity contribution in [3.8, 4) is 5.75 Å². The van der Waals surface area contributed by atoms with Crippen molar-refractivity contribution in [3.63, 3.8) is 0 Å². The molecule has 6 heteroatoms. The highest BCUT2D eigenvalue weighted by Gasteiger charge is 2.46. The van der Waals surface area contributed by atoms with Crippen LogP contribution in [0.3, 0.4) is 0 Å². The van der Waals surface area contributed by atoms with Gasteiger partial charge in [0.05, 0.1) is 18.2 Å². The van der Waals surface area contributed by atoms with Crippen LogP contribution in [0.2, 0.25) is 0 Å². The van der Waals surface area contributed by atoms with Crippen molar-refractivity contribution in [2.24, 2.45) is 0 Å². The number of fused-ring (bicyclic) bond motifs is 1. The molecule has 1 saturated heterocycles. The molecule has 4 rings (SSSR count). The second-order valence-corrected chi connectivity index (χ2v) is 8.35. The summed E-state index contributed by atoms with van der Waals surface area (Å²) in [5, 5.41) is 11.3. The molecule has 168 valence electrons. The second kappa shape index (κ2) is 9.17. The average molecular weight is 435 g/mol. The van der Waals surface area contributed by atoms with Gasteiger partial charge in [-0.2, -0.15) is 0 Å². The molecule has 0 aliphatic carbocycles. The average Bonchev–Trinajstić information content (AvgIpc) is 3.36. The molecule has 6 nitrogen and oxygen atoms in total. The first-order valence-corrected chi connectivity index (χ1v) is 11.3. The summed E-state index contributed by atoms with van der Waals surface area (Å²) in [4.78, 5) is 30.1. The maximum atomic E-state index is 13.2. The number of aliphatic hydroxyl groups excluding tert-OH is 1. The van der Waals surface area contributed by atoms with Crippen LogP contribution in [0.25, 0.3) is 5.76 Å². The van der Waals surface area contributed by atoms with Crippen molar-refractivity contribution in [1.82, 2.24) is 9.80 Å². The van der Waals surface area contributed by atoms with Gasteiger partial charge < -0.3 is 19.6 Å². The molecule has 0 saturated carbocycles. The Labute approximate surface area is 189 Å². The number of benzene rings is 2. The zero-order valence-electron chi connectivity index (χ0n) is 18.9. The number of hydrogen-bond acceptors (Lipinski definition) is 5. The highest BCUT2D eigenvalue weighted by atomic mass is 16.5. The number of carbonyl (C=O) groups is 2. The Morgan fingerprint density at radius 1 is 1.16 bits per heavy atom. The number of ketones is 1. The van der Waals surface area contributed by atoms with Gasteiger partial charge in [-0.3, -0.25) is 9.59 Å². The number of ether oxygens (including phenoxy) is 1. The van der Waals surface area contributed by atoms with E-state index >= 15 is 0 Å². The van der Waals surface area contributed by atoms with Gasteiger partial charge in [-0.05, 0) is 49.3 Å². The lowest BCUT2D eigenvalue weighted by molar-refractivity contribution is -0.140. The molecule has 0 bridgehead atoms. The van der Waals surface area contributed by atoms with E-state index in [-0.39, 0.29) is 11.3 Å². The van der Waals surface area contributed by atoms with Gasteiger partial charge >= 0.3 is 0 Å². The lowest BCUT2D eigenvalue weighted by atomic mass is 9.94. The summed E-state index contributed by atoms with van der Waals surface area (Å²) in [5.41, 5.74) is 3.55. The summed E-state index contributed by atoms with van der Waals surface area (Å²) in [6, 6.07) is 12.6. The Hall–Kier alpha value is -3.12. The largest absolute Gasteiger partial charge is 0.507 e. The van der Waals surface area contributed by atoms with E-state index in [9.17, 15) is 14.7 Å². The molecule has 1 N–H and O–H groups in total. The third kappa shape index (κ3) is 4.02. The van der Waals surface area contributed by atoms with Crippen molar-refractivity contribution in [2.45, 2.75) is 33.2 Å². The summed E-state index contributed by atoms with van der Waals surface area (Å²) < 4.78 is 5.56. The number of rotatable bonds is 7. The van der Waals surface area contributed by atoms with E-state index in [1.807, 2.05) is 43.3 Å². The number of likely N-dealkylation sites (N-methyl/N-ethyl adjacent to an activating group) is 1. The van der Waals surface area contributed by atoms with Gasteiger partial charge in [0.2, 0.25) is 0 Å². The Balaban J connectivity index is 1.79. The van der Waals surface area contributed by atoms with Crippen LogP contribution in [-0.4, -0.2) is 59.4 Å². The third-order valence-corrected chi connectivity index (χ3v) is 6.41. The van der Waals surface area contributed by atoms with Crippen LogP contribution >= 0.6 is 0 Å². The fourth-order valence-electron chi connectivity index (χ4n) is 4.58. The number of hydrogen-bond donors (Lipinski definition) is 1. The standard InChI is InChI=1S/C26H30N2O4/c1-4-27(5-2)12-13-28-23(19-8-6-7-17(3)15-19)22(25(30)26(28)31)24(29)20-9-10-21-18(16-20)11-14-32-21/h6-10,15-16,23,29H,4-5,11-14H2,1-3H3/b24-22-. The van der Waals surface area contributed by atoms with Crippen LogP contribution in [0, 0.1) is 6.92 Å². The Morgan fingerprint density at radius 3 is 2.66 bits per heavy atom. The van der Waals surface area contributed by atoms with Crippen molar-refractivity contribution in [3.05, 3.63) is 70.3 Å². The molecule has 0 radical (unpaired) electrons. The fraction of sp³-hybridized carbons (Fsp3) is 0.385. The summed E-state index contributed by atoms with van der Waals surface area (Å²) in [6.07, 6.45) is 0.760. The molecule has 32 heavy (non-hydrogen) atoms. The van der Waals surface area contributed by atoms with E-state index < -0.39 is 17.7 Å². The smallest absolute Gasteiger partial charge is 0.295 e. The molecule has 1 amide bonds. The van der Waals surface area contributed by atoms with E-state index in [0.29, 0.717) is 25.3 Å². The monoisotopic (exact) mass is 434 g/mol. The maximum Gasteiger partial charge on any atom is 0.295 e. The molecule has 1 atom stereocenters. The zero-order chi connectivity index (χ0) is 22.8. The number of nitrogens with zero attached hydrogens (tertiary/aromatic N) is 2. The summed E-state index contributed by atoms with van der Waals surface area (Å²) in [5.74, 6) is -0.522. The van der Waals surface area contributed by atoms with E-state index in [1.54, 1.807) is 11.0 Å². The van der Waals surface area contributed by atoms with E-state index in [0.717, 1.165) is 42.0 Å². The lowest BCUT2D eigenvalue weighted by Gasteiger charge is -2.28. The van der Waals surface area contributed by atoms with E-state index in [1.165, 1.54) is 0 Å². The highest BCUT2D eigenvalue weighted by Crippen LogP contribution is 2.40. The number of amides is 1. The molecule has 0 aromatic heterocycles. The molecule has 2 heterocycles. The van der Waals surface area contributed by atoms with Crippen LogP contribution in [0.15, 0.2) is 48.0 Å². The Bertz CT molecular complexity index is 1070. The highest BCUT2D eigenvalue weighted by molar-refractivity contribution is 6.46. The number of aliphatic hydroxyl groups is 1. The van der Waals surface area contributed by atoms with Gasteiger partial charge in [0.1, 0.15) is 11.5 Å². The van der Waals surface area contributed by atoms with E-state index in [4.69, 9.17) is 4.74 Å². The first-order chi connectivity index (χ1) is 15.4. The number of carbonyl (C=O) groups excluding carboxylic acids is 2. The van der Waals surface area contributed by atoms with Crippen LogP contribution in [-0.2, 0) is 16.0 Å². The normalized spacial score (nSPS) is 19.5. The molecular formula is C26H30N2O4. The second-order valence-electron chi connectivity index (χ2n) is 8.35. The summed E-state index contributed by atoms with van der Waals surface area (Å²) in [6.45, 7) is 9.56. The van der Waals surface area contributed by atoms with Gasteiger partial charge in [-0.25, -0.2) is 0 Å². The first kappa shape index (κ1) is 22.1. The van der Waals surface area contributed by atoms with Crippen molar-refractivity contribution in [2.75, 3.05) is 32.8 Å². The van der Waals surface area contributed by atoms with Crippen molar-refractivity contribution in [1.29, 1.82) is 0 Å². The fourth-order valence-corrected chi connectivity index (χ4v) is 4.58. The minimum Gasteiger partial charge on any atom is -0.507 e. The predicted molar refractivity (Wildman–Crippen MR) is 124 cm³/mol. The quantitative estimate of drug-likeness (QED) is 0.409. The zero-order valence-corrected chi connectivity index (χ0v) is 18.9. The molecule has 2 aliphatic rings. The maximum absolute atomic E-state index is 13.2. The van der Waals surface area contributed by atoms with Crippen LogP contribution < -0.4 is 4.74 Å². The topological polar surface area (TPSA) is 70.1 Å². The molecule has 2 aromatic rings. The van der Waals surface area contributed by atoms with Crippen LogP contribution in [0.1, 0.15) is 42.1 Å². The summed E-state index contributed by atoms with van der Waals surface area (Å²) in [7, 11) is 0. The molecule has 2 aliphatic heterocycles. The van der Waals surface area contributed by atoms with Crippen molar-refractivity contribution < 1.29 is 19.4 Å². The SMILES string of the molecule is CCN(CC)CCN1C(=O)C(=O)/C(=C(\O)c2ccc3c(c2)CCO3)C1c1cccc(C)c1. The number of aryl methyl sites for hydroxylation is 1. The molecule has 1 unspecified atom stereocenters. The van der Waals surface area contributed by atoms with Crippen LogP contribution in [0.4, 0.5) is 0 Å². The van der Waals surface area contributed by atoms with Gasteiger partial charge in [-0.15, -0.1) is 0 Å². The Morgan fingerprint density at radius 2 is 1.94 bits per heavy atom. The molecule has 2 aromatic carbocycles. The minimum absolute atomic E-state index is 0.130. The van der Waals surface area contributed by atoms with Crippen LogP contribution in [0.5, 0.6) is 5.75 Å². The van der Waals surface area contributed by atoms with E-state index in [2.05, 4.69) is 18.7 Å². The Kier molecular flexibility index (Phi) is 6.33. The van der Waals surface area contributed by atoms with Crippen molar-refractivity contribution >= 4 is 17.4 Å². The molecular weight excluding hydrogens is 404 g/mol. The van der Waals surface area contributed by atoms with Gasteiger partial charge in [0.25, 0.3) is 11.7 Å². The minimum atomic E-state index is -0.634. The van der Waals surface area contributed by atoms with Gasteiger partial charge in [0.15, 0.2) is 0 Å². The summed E-state index contributed by atoms with van der Waals surface area (Å²) >= 11 is 0. The number of Topliss-reactive ketones (excluding diaryl/α,β-unsaturated/α-hetero) is 1. The molecule has 1 fully saturated rings. The predicted octanol–water partition coefficient (Wildman–Crippen LogP) is 3.69. The number of likely N-dealkylation sites (tertiary alicyclic amines) is 1.